The van der Waals surface area contributed by atoms with Gasteiger partial charge in [0.1, 0.15) is 0 Å². The number of carbonyl (C=O) groups excluding carboxylic acids is 1. The van der Waals surface area contributed by atoms with E-state index in [-0.39, 0.29) is 12.4 Å². The van der Waals surface area contributed by atoms with Crippen molar-refractivity contribution in [2.45, 2.75) is 6.42 Å². The van der Waals surface area contributed by atoms with E-state index in [1.54, 1.807) is 6.20 Å². The van der Waals surface area contributed by atoms with Crippen molar-refractivity contribution in [2.24, 2.45) is 0 Å². The normalized spacial score (nSPS) is 10.4. The molecule has 0 spiro atoms. The van der Waals surface area contributed by atoms with Crippen molar-refractivity contribution < 1.29 is 9.53 Å². The van der Waals surface area contributed by atoms with Gasteiger partial charge in [-0.2, -0.15) is 0 Å². The number of ether oxygens (including phenoxy) is 1. The highest BCUT2D eigenvalue weighted by atomic mass is 79.9. The van der Waals surface area contributed by atoms with Crippen molar-refractivity contribution >= 4 is 32.8 Å². The number of halogens is 1. The fourth-order valence-electron chi connectivity index (χ4n) is 1.48. The van der Waals surface area contributed by atoms with E-state index < -0.39 is 0 Å². The smallest absolute Gasteiger partial charge is 0.310 e. The number of hydrogen-bond donors (Lipinski definition) is 0. The Hall–Kier alpha value is -1.42. The molecule has 0 fully saturated rings. The number of hydrogen-bond acceptors (Lipinski definition) is 3. The van der Waals surface area contributed by atoms with E-state index in [9.17, 15) is 4.79 Å². The minimum absolute atomic E-state index is 0.254. The summed E-state index contributed by atoms with van der Waals surface area (Å²) in [5.41, 5.74) is 1.77. The number of nitrogens with zero attached hydrogens (tertiary/aromatic N) is 1. The molecular weight excluding hydrogens is 270 g/mol. The Labute approximate surface area is 102 Å². The lowest BCUT2D eigenvalue weighted by molar-refractivity contribution is -0.139. The molecule has 82 valence electrons. The second kappa shape index (κ2) is 4.61. The van der Waals surface area contributed by atoms with Crippen molar-refractivity contribution in [3.05, 3.63) is 40.5 Å². The number of esters is 1. The molecular formula is C12H10BrNO2. The number of methoxy groups -OCH3 is 1. The van der Waals surface area contributed by atoms with Gasteiger partial charge in [-0.1, -0.05) is 15.9 Å². The zero-order chi connectivity index (χ0) is 11.5. The first-order chi connectivity index (χ1) is 7.69. The van der Waals surface area contributed by atoms with Crippen molar-refractivity contribution in [2.75, 3.05) is 7.11 Å². The SMILES string of the molecule is COC(=O)Cc1cnc2ccc(Br)cc2c1. The molecule has 0 atom stereocenters. The van der Waals surface area contributed by atoms with Crippen LogP contribution in [0.2, 0.25) is 0 Å². The van der Waals surface area contributed by atoms with Crippen LogP contribution < -0.4 is 0 Å². The van der Waals surface area contributed by atoms with Crippen LogP contribution in [0.25, 0.3) is 10.9 Å². The zero-order valence-corrected chi connectivity index (χ0v) is 10.3. The molecule has 0 saturated heterocycles. The van der Waals surface area contributed by atoms with E-state index >= 15 is 0 Å². The molecule has 0 aliphatic carbocycles. The maximum absolute atomic E-state index is 11.1. The van der Waals surface area contributed by atoms with E-state index in [1.165, 1.54) is 7.11 Å². The molecule has 0 unspecified atom stereocenters. The van der Waals surface area contributed by atoms with Crippen LogP contribution >= 0.6 is 15.9 Å². The highest BCUT2D eigenvalue weighted by Gasteiger charge is 2.04. The number of benzene rings is 1. The maximum atomic E-state index is 11.1. The van der Waals surface area contributed by atoms with Crippen LogP contribution in [0.5, 0.6) is 0 Å². The Morgan fingerprint density at radius 2 is 2.25 bits per heavy atom. The van der Waals surface area contributed by atoms with Gasteiger partial charge >= 0.3 is 5.97 Å². The number of aromatic nitrogens is 1. The summed E-state index contributed by atoms with van der Waals surface area (Å²) in [6, 6.07) is 7.80. The Balaban J connectivity index is 2.39. The van der Waals surface area contributed by atoms with Gasteiger partial charge in [0.2, 0.25) is 0 Å². The van der Waals surface area contributed by atoms with E-state index in [2.05, 4.69) is 25.7 Å². The largest absolute Gasteiger partial charge is 0.469 e. The zero-order valence-electron chi connectivity index (χ0n) is 8.74. The number of pyridine rings is 1. The Kier molecular flexibility index (Phi) is 3.19. The second-order valence-corrected chi connectivity index (χ2v) is 4.35. The van der Waals surface area contributed by atoms with Crippen LogP contribution in [-0.2, 0) is 16.0 Å². The number of rotatable bonds is 2. The maximum Gasteiger partial charge on any atom is 0.310 e. The molecule has 1 heterocycles. The van der Waals surface area contributed by atoms with Gasteiger partial charge in [-0.05, 0) is 29.8 Å². The summed E-state index contributed by atoms with van der Waals surface area (Å²) in [5.74, 6) is -0.254. The van der Waals surface area contributed by atoms with Gasteiger partial charge in [-0.25, -0.2) is 0 Å². The molecule has 0 bridgehead atoms. The van der Waals surface area contributed by atoms with E-state index in [0.717, 1.165) is 20.9 Å². The number of carbonyl (C=O) groups is 1. The van der Waals surface area contributed by atoms with Gasteiger partial charge in [0.05, 0.1) is 19.0 Å². The van der Waals surface area contributed by atoms with E-state index in [1.807, 2.05) is 24.3 Å². The van der Waals surface area contributed by atoms with Crippen molar-refractivity contribution in [1.82, 2.24) is 4.98 Å². The van der Waals surface area contributed by atoms with E-state index in [4.69, 9.17) is 0 Å². The molecule has 1 aromatic heterocycles. The van der Waals surface area contributed by atoms with Crippen molar-refractivity contribution in [3.8, 4) is 0 Å². The van der Waals surface area contributed by atoms with Crippen molar-refractivity contribution in [3.63, 3.8) is 0 Å². The fraction of sp³-hybridized carbons (Fsp3) is 0.167. The predicted molar refractivity (Wildman–Crippen MR) is 65.2 cm³/mol. The van der Waals surface area contributed by atoms with Crippen LogP contribution in [0.15, 0.2) is 34.9 Å². The lowest BCUT2D eigenvalue weighted by Gasteiger charge is -2.02. The van der Waals surface area contributed by atoms with Crippen LogP contribution in [0.4, 0.5) is 0 Å². The minimum atomic E-state index is -0.254. The highest BCUT2D eigenvalue weighted by molar-refractivity contribution is 9.10. The molecule has 1 aromatic carbocycles. The summed E-state index contributed by atoms with van der Waals surface area (Å²) in [4.78, 5) is 15.4. The van der Waals surface area contributed by atoms with Gasteiger partial charge in [0.15, 0.2) is 0 Å². The molecule has 16 heavy (non-hydrogen) atoms. The Morgan fingerprint density at radius 3 is 3.00 bits per heavy atom. The van der Waals surface area contributed by atoms with Gasteiger partial charge in [0, 0.05) is 16.1 Å². The molecule has 0 amide bonds. The third-order valence-electron chi connectivity index (χ3n) is 2.28. The first-order valence-electron chi connectivity index (χ1n) is 4.80. The van der Waals surface area contributed by atoms with Gasteiger partial charge in [-0.3, -0.25) is 9.78 Å². The summed E-state index contributed by atoms with van der Waals surface area (Å²) in [6.45, 7) is 0. The van der Waals surface area contributed by atoms with Crippen LogP contribution in [-0.4, -0.2) is 18.1 Å². The molecule has 3 nitrogen and oxygen atoms in total. The standard InChI is InChI=1S/C12H10BrNO2/c1-16-12(15)5-8-4-9-6-10(13)2-3-11(9)14-7-8/h2-4,6-7H,5H2,1H3. The topological polar surface area (TPSA) is 39.2 Å². The second-order valence-electron chi connectivity index (χ2n) is 3.43. The molecule has 2 rings (SSSR count). The molecule has 4 heteroatoms. The van der Waals surface area contributed by atoms with Crippen molar-refractivity contribution in [1.29, 1.82) is 0 Å². The third-order valence-corrected chi connectivity index (χ3v) is 2.77. The molecule has 0 aliphatic heterocycles. The summed E-state index contributed by atoms with van der Waals surface area (Å²) >= 11 is 3.40. The summed E-state index contributed by atoms with van der Waals surface area (Å²) in [6.07, 6.45) is 1.96. The first kappa shape index (κ1) is 11.1. The number of fused-ring (bicyclic) bond motifs is 1. The molecule has 0 aliphatic rings. The Morgan fingerprint density at radius 1 is 1.44 bits per heavy atom. The fourth-order valence-corrected chi connectivity index (χ4v) is 1.86. The predicted octanol–water partition coefficient (Wildman–Crippen LogP) is 2.71. The average molecular weight is 280 g/mol. The quantitative estimate of drug-likeness (QED) is 0.794. The Bertz CT molecular complexity index is 540. The molecule has 0 radical (unpaired) electrons. The molecule has 2 aromatic rings. The minimum Gasteiger partial charge on any atom is -0.469 e. The van der Waals surface area contributed by atoms with Crippen LogP contribution in [0.3, 0.4) is 0 Å². The lowest BCUT2D eigenvalue weighted by Crippen LogP contribution is -2.04. The monoisotopic (exact) mass is 279 g/mol. The highest BCUT2D eigenvalue weighted by Crippen LogP contribution is 2.19. The lowest BCUT2D eigenvalue weighted by atomic mass is 10.1. The average Bonchev–Trinajstić information content (AvgIpc) is 2.28. The molecule has 0 saturated carbocycles. The third kappa shape index (κ3) is 2.39. The molecule has 0 N–H and O–H groups in total. The van der Waals surface area contributed by atoms with Crippen LogP contribution in [0.1, 0.15) is 5.56 Å². The van der Waals surface area contributed by atoms with Gasteiger partial charge in [0.25, 0.3) is 0 Å². The summed E-state index contributed by atoms with van der Waals surface area (Å²) in [5, 5.41) is 1.01. The van der Waals surface area contributed by atoms with E-state index in [0.29, 0.717) is 0 Å². The first-order valence-corrected chi connectivity index (χ1v) is 5.59. The van der Waals surface area contributed by atoms with Gasteiger partial charge in [-0.15, -0.1) is 0 Å². The summed E-state index contributed by atoms with van der Waals surface area (Å²) < 4.78 is 5.61. The van der Waals surface area contributed by atoms with Gasteiger partial charge < -0.3 is 4.74 Å². The summed E-state index contributed by atoms with van der Waals surface area (Å²) in [7, 11) is 1.38. The van der Waals surface area contributed by atoms with Crippen LogP contribution in [0, 0.1) is 0 Å².